The lowest BCUT2D eigenvalue weighted by atomic mass is 10.3. The highest BCUT2D eigenvalue weighted by Crippen LogP contribution is 2.23. The lowest BCUT2D eigenvalue weighted by molar-refractivity contribution is 0.103. The van der Waals surface area contributed by atoms with Crippen LogP contribution in [0.2, 0.25) is 0 Å². The summed E-state index contributed by atoms with van der Waals surface area (Å²) in [5.41, 5.74) is 1.33. The summed E-state index contributed by atoms with van der Waals surface area (Å²) in [6.45, 7) is 1.83. The number of rotatable bonds is 4. The van der Waals surface area contributed by atoms with E-state index in [0.717, 1.165) is 10.9 Å². The van der Waals surface area contributed by atoms with Crippen molar-refractivity contribution in [3.8, 4) is 10.9 Å². The van der Waals surface area contributed by atoms with Crippen molar-refractivity contribution in [1.29, 1.82) is 0 Å². The lowest BCUT2D eigenvalue weighted by Gasteiger charge is -2.05. The first-order valence-electron chi connectivity index (χ1n) is 7.57. The zero-order valence-electron chi connectivity index (χ0n) is 13.3. The molecule has 4 rings (SSSR count). The number of hydrogen-bond acceptors (Lipinski definition) is 5. The van der Waals surface area contributed by atoms with Crippen LogP contribution in [0.25, 0.3) is 10.9 Å². The molecule has 0 radical (unpaired) electrons. The number of nitrogens with zero attached hydrogens (tertiary/aromatic N) is 5. The minimum atomic E-state index is -0.189. The second-order valence-corrected chi connectivity index (χ2v) is 6.31. The number of pyridine rings is 1. The summed E-state index contributed by atoms with van der Waals surface area (Å²) in [6, 6.07) is 7.47. The average Bonchev–Trinajstić information content (AvgIpc) is 3.37. The minimum Gasteiger partial charge on any atom is -0.320 e. The Morgan fingerprint density at radius 1 is 1.16 bits per heavy atom. The maximum atomic E-state index is 12.5. The summed E-state index contributed by atoms with van der Waals surface area (Å²) in [6.07, 6.45) is 10.6. The van der Waals surface area contributed by atoms with E-state index < -0.39 is 0 Å². The van der Waals surface area contributed by atoms with Crippen molar-refractivity contribution < 1.29 is 4.79 Å². The molecule has 4 aromatic heterocycles. The number of carbonyl (C=O) groups is 1. The van der Waals surface area contributed by atoms with E-state index in [1.54, 1.807) is 23.3 Å². The van der Waals surface area contributed by atoms with Gasteiger partial charge in [0.15, 0.2) is 5.13 Å². The topological polar surface area (TPSA) is 77.6 Å². The van der Waals surface area contributed by atoms with Crippen LogP contribution in [-0.4, -0.2) is 30.0 Å². The van der Waals surface area contributed by atoms with Crippen molar-refractivity contribution in [2.45, 2.75) is 6.92 Å². The molecule has 4 aromatic rings. The molecule has 0 aliphatic rings. The Morgan fingerprint density at radius 3 is 2.68 bits per heavy atom. The summed E-state index contributed by atoms with van der Waals surface area (Å²) >= 11 is 1.35. The quantitative estimate of drug-likeness (QED) is 0.613. The molecule has 1 N–H and O–H groups in total. The minimum absolute atomic E-state index is 0.189. The maximum Gasteiger partial charge on any atom is 0.267 e. The Bertz CT molecular complexity index is 987. The number of carbonyl (C=O) groups excluding carboxylic acids is 1. The fourth-order valence-corrected chi connectivity index (χ4v) is 3.29. The molecule has 0 bridgehead atoms. The molecule has 0 aliphatic heterocycles. The molecule has 0 fully saturated rings. The molecular formula is C17H14N6OS. The van der Waals surface area contributed by atoms with Crippen molar-refractivity contribution in [2.75, 3.05) is 5.32 Å². The molecule has 25 heavy (non-hydrogen) atoms. The van der Waals surface area contributed by atoms with Crippen molar-refractivity contribution in [3.05, 3.63) is 72.1 Å². The number of aryl methyl sites for hydroxylation is 1. The molecule has 0 saturated heterocycles. The van der Waals surface area contributed by atoms with Crippen LogP contribution in [-0.2, 0) is 0 Å². The number of amides is 1. The van der Waals surface area contributed by atoms with E-state index in [0.29, 0.717) is 16.3 Å². The molecule has 7 nitrogen and oxygen atoms in total. The number of thiazole rings is 1. The summed E-state index contributed by atoms with van der Waals surface area (Å²) < 4.78 is 3.68. The van der Waals surface area contributed by atoms with Crippen LogP contribution < -0.4 is 5.32 Å². The van der Waals surface area contributed by atoms with E-state index in [9.17, 15) is 4.79 Å². The van der Waals surface area contributed by atoms with E-state index >= 15 is 0 Å². The van der Waals surface area contributed by atoms with Crippen LogP contribution in [0.4, 0.5) is 5.69 Å². The molecule has 0 aromatic carbocycles. The molecule has 0 unspecified atom stereocenters. The van der Waals surface area contributed by atoms with Gasteiger partial charge < -0.3 is 9.88 Å². The number of anilines is 1. The first-order chi connectivity index (χ1) is 12.2. The highest BCUT2D eigenvalue weighted by atomic mass is 32.1. The van der Waals surface area contributed by atoms with Crippen molar-refractivity contribution in [1.82, 2.24) is 24.1 Å². The van der Waals surface area contributed by atoms with Gasteiger partial charge in [-0.3, -0.25) is 9.36 Å². The lowest BCUT2D eigenvalue weighted by Crippen LogP contribution is -2.12. The van der Waals surface area contributed by atoms with Crippen LogP contribution in [0.1, 0.15) is 15.4 Å². The zero-order valence-corrected chi connectivity index (χ0v) is 14.1. The largest absolute Gasteiger partial charge is 0.320 e. The Hall–Kier alpha value is -3.26. The molecule has 0 aliphatic carbocycles. The Balaban J connectivity index is 1.52. The Morgan fingerprint density at radius 2 is 2.00 bits per heavy atom. The van der Waals surface area contributed by atoms with E-state index in [1.165, 1.54) is 11.3 Å². The van der Waals surface area contributed by atoms with Crippen LogP contribution >= 0.6 is 11.3 Å². The number of hydrogen-bond donors (Lipinski definition) is 1. The van der Waals surface area contributed by atoms with Crippen LogP contribution in [0, 0.1) is 6.92 Å². The zero-order chi connectivity index (χ0) is 17.2. The highest BCUT2D eigenvalue weighted by Gasteiger charge is 2.16. The van der Waals surface area contributed by atoms with Crippen molar-refractivity contribution in [2.24, 2.45) is 0 Å². The van der Waals surface area contributed by atoms with Gasteiger partial charge in [0.2, 0.25) is 0 Å². The van der Waals surface area contributed by atoms with Crippen LogP contribution in [0.3, 0.4) is 0 Å². The van der Waals surface area contributed by atoms with Gasteiger partial charge in [0, 0.05) is 24.8 Å². The van der Waals surface area contributed by atoms with Gasteiger partial charge in [0.25, 0.3) is 5.91 Å². The van der Waals surface area contributed by atoms with Crippen LogP contribution in [0.15, 0.2) is 61.6 Å². The predicted molar refractivity (Wildman–Crippen MR) is 95.5 cm³/mol. The molecule has 0 atom stereocenters. The van der Waals surface area contributed by atoms with Gasteiger partial charge in [-0.25, -0.2) is 15.0 Å². The molecule has 1 amide bonds. The number of aromatic nitrogens is 5. The third-order valence-corrected chi connectivity index (χ3v) is 4.76. The number of imidazole rings is 1. The van der Waals surface area contributed by atoms with Crippen LogP contribution in [0.5, 0.6) is 0 Å². The normalized spacial score (nSPS) is 10.8. The third kappa shape index (κ3) is 3.07. The van der Waals surface area contributed by atoms with E-state index in [4.69, 9.17) is 0 Å². The van der Waals surface area contributed by atoms with Gasteiger partial charge in [-0.1, -0.05) is 11.3 Å². The monoisotopic (exact) mass is 350 g/mol. The Kier molecular flexibility index (Phi) is 3.87. The predicted octanol–water partition coefficient (Wildman–Crippen LogP) is 3.08. The third-order valence-electron chi connectivity index (χ3n) is 3.59. The van der Waals surface area contributed by atoms with Gasteiger partial charge >= 0.3 is 0 Å². The van der Waals surface area contributed by atoms with Gasteiger partial charge in [-0.15, -0.1) is 0 Å². The van der Waals surface area contributed by atoms with E-state index in [1.807, 2.05) is 54.3 Å². The second kappa shape index (κ2) is 6.33. The average molecular weight is 350 g/mol. The van der Waals surface area contributed by atoms with E-state index in [2.05, 4.69) is 20.3 Å². The molecule has 4 heterocycles. The number of nitrogens with one attached hydrogen (secondary N) is 1. The molecular weight excluding hydrogens is 336 g/mol. The fraction of sp³-hybridized carbons (Fsp3) is 0.0588. The van der Waals surface area contributed by atoms with Gasteiger partial charge in [-0.2, -0.15) is 0 Å². The van der Waals surface area contributed by atoms with Gasteiger partial charge in [0.1, 0.15) is 17.0 Å². The summed E-state index contributed by atoms with van der Waals surface area (Å²) in [5, 5.41) is 3.63. The molecule has 0 spiro atoms. The molecule has 0 saturated carbocycles. The fourth-order valence-electron chi connectivity index (χ4n) is 2.36. The Labute approximate surface area is 147 Å². The summed E-state index contributed by atoms with van der Waals surface area (Å²) in [5.74, 6) is 0.546. The second-order valence-electron chi connectivity index (χ2n) is 5.33. The van der Waals surface area contributed by atoms with Gasteiger partial charge in [0.05, 0.1) is 17.6 Å². The standard InChI is InChI=1S/C17H14N6OS/c1-12-15(25-17(20-12)22-7-2-3-8-22)16(24)21-13-4-5-14(19-10-13)23-9-6-18-11-23/h2-11H,1H3,(H,21,24). The van der Waals surface area contributed by atoms with E-state index in [-0.39, 0.29) is 5.91 Å². The van der Waals surface area contributed by atoms with Crippen molar-refractivity contribution in [3.63, 3.8) is 0 Å². The highest BCUT2D eigenvalue weighted by molar-refractivity contribution is 7.16. The maximum absolute atomic E-state index is 12.5. The SMILES string of the molecule is Cc1nc(-n2cccc2)sc1C(=O)Nc1ccc(-n2ccnc2)nc1. The summed E-state index contributed by atoms with van der Waals surface area (Å²) in [7, 11) is 0. The smallest absolute Gasteiger partial charge is 0.267 e. The summed E-state index contributed by atoms with van der Waals surface area (Å²) in [4.78, 5) is 25.9. The molecule has 124 valence electrons. The first-order valence-corrected chi connectivity index (χ1v) is 8.39. The van der Waals surface area contributed by atoms with Gasteiger partial charge in [-0.05, 0) is 31.2 Å². The molecule has 8 heteroatoms. The first kappa shape index (κ1) is 15.3. The van der Waals surface area contributed by atoms with Crippen molar-refractivity contribution >= 4 is 22.9 Å².